The van der Waals surface area contributed by atoms with E-state index in [0.29, 0.717) is 5.92 Å². The lowest BCUT2D eigenvalue weighted by molar-refractivity contribution is 0.00237. The molecule has 1 saturated carbocycles. The molecule has 2 nitrogen and oxygen atoms in total. The molecule has 0 spiro atoms. The third-order valence-corrected chi connectivity index (χ3v) is 2.70. The first-order valence-corrected chi connectivity index (χ1v) is 4.43. The minimum atomic E-state index is 0.249. The summed E-state index contributed by atoms with van der Waals surface area (Å²) < 4.78 is 5.34. The van der Waals surface area contributed by atoms with Gasteiger partial charge in [-0.3, -0.25) is 0 Å². The molecule has 0 bridgehead atoms. The van der Waals surface area contributed by atoms with Gasteiger partial charge >= 0.3 is 0 Å². The second kappa shape index (κ2) is 3.55. The van der Waals surface area contributed by atoms with E-state index in [4.69, 9.17) is 10.5 Å². The van der Waals surface area contributed by atoms with Crippen LogP contribution in [-0.2, 0) is 4.74 Å². The molecule has 4 atom stereocenters. The molecule has 2 N–H and O–H groups in total. The molecule has 1 aliphatic carbocycles. The third kappa shape index (κ3) is 1.94. The molecule has 0 radical (unpaired) electrons. The van der Waals surface area contributed by atoms with Crippen LogP contribution in [0.4, 0.5) is 0 Å². The molecule has 0 aromatic carbocycles. The Morgan fingerprint density at radius 2 is 1.91 bits per heavy atom. The predicted octanol–water partition coefficient (Wildman–Crippen LogP) is 1.39. The molecule has 66 valence electrons. The zero-order chi connectivity index (χ0) is 8.43. The monoisotopic (exact) mass is 157 g/mol. The van der Waals surface area contributed by atoms with E-state index in [1.807, 2.05) is 0 Å². The molecule has 4 unspecified atom stereocenters. The summed E-state index contributed by atoms with van der Waals surface area (Å²) >= 11 is 0. The van der Waals surface area contributed by atoms with E-state index in [2.05, 4.69) is 13.8 Å². The van der Waals surface area contributed by atoms with Crippen molar-refractivity contribution in [2.24, 2.45) is 17.6 Å². The van der Waals surface area contributed by atoms with Gasteiger partial charge in [-0.1, -0.05) is 13.8 Å². The van der Waals surface area contributed by atoms with E-state index in [1.165, 1.54) is 6.42 Å². The molecule has 1 aliphatic rings. The second-order valence-corrected chi connectivity index (χ2v) is 3.92. The fraction of sp³-hybridized carbons (Fsp3) is 1.00. The summed E-state index contributed by atoms with van der Waals surface area (Å²) in [4.78, 5) is 0. The van der Waals surface area contributed by atoms with Crippen LogP contribution in [0.25, 0.3) is 0 Å². The van der Waals surface area contributed by atoms with Crippen LogP contribution in [0.1, 0.15) is 26.7 Å². The van der Waals surface area contributed by atoms with Crippen molar-refractivity contribution in [3.05, 3.63) is 0 Å². The van der Waals surface area contributed by atoms with Crippen LogP contribution in [0.5, 0.6) is 0 Å². The standard InChI is InChI=1S/C9H19NO/c1-6-4-7(2)9(11-3)8(10)5-6/h6-9H,4-5,10H2,1-3H3. The van der Waals surface area contributed by atoms with Gasteiger partial charge in [0, 0.05) is 13.2 Å². The third-order valence-electron chi connectivity index (χ3n) is 2.70. The molecule has 0 aromatic heterocycles. The first kappa shape index (κ1) is 9.01. The van der Waals surface area contributed by atoms with Gasteiger partial charge in [0.05, 0.1) is 6.10 Å². The molecule has 11 heavy (non-hydrogen) atoms. The molecule has 0 aliphatic heterocycles. The largest absolute Gasteiger partial charge is 0.380 e. The van der Waals surface area contributed by atoms with Gasteiger partial charge < -0.3 is 10.5 Å². The SMILES string of the molecule is COC1C(C)CC(C)CC1N. The Hall–Kier alpha value is -0.0800. The highest BCUT2D eigenvalue weighted by molar-refractivity contribution is 4.85. The van der Waals surface area contributed by atoms with E-state index in [0.717, 1.165) is 12.3 Å². The highest BCUT2D eigenvalue weighted by atomic mass is 16.5. The molecular formula is C9H19NO. The number of nitrogens with two attached hydrogens (primary N) is 1. The smallest absolute Gasteiger partial charge is 0.0747 e. The van der Waals surface area contributed by atoms with Gasteiger partial charge in [0.15, 0.2) is 0 Å². The lowest BCUT2D eigenvalue weighted by Gasteiger charge is -2.36. The van der Waals surface area contributed by atoms with Crippen LogP contribution in [-0.4, -0.2) is 19.3 Å². The van der Waals surface area contributed by atoms with Gasteiger partial charge in [0.25, 0.3) is 0 Å². The fourth-order valence-corrected chi connectivity index (χ4v) is 2.29. The van der Waals surface area contributed by atoms with Crippen molar-refractivity contribution in [1.29, 1.82) is 0 Å². The molecule has 2 heteroatoms. The van der Waals surface area contributed by atoms with Crippen molar-refractivity contribution in [2.45, 2.75) is 38.8 Å². The maximum Gasteiger partial charge on any atom is 0.0747 e. The van der Waals surface area contributed by atoms with Gasteiger partial charge in [0.1, 0.15) is 0 Å². The second-order valence-electron chi connectivity index (χ2n) is 3.92. The number of methoxy groups -OCH3 is 1. The summed E-state index contributed by atoms with van der Waals surface area (Å²) in [6, 6.07) is 0.249. The Morgan fingerprint density at radius 3 is 2.36 bits per heavy atom. The van der Waals surface area contributed by atoms with Gasteiger partial charge in [-0.2, -0.15) is 0 Å². The van der Waals surface area contributed by atoms with Crippen LogP contribution in [0.2, 0.25) is 0 Å². The molecule has 0 aromatic rings. The summed E-state index contributed by atoms with van der Waals surface area (Å²) in [5.41, 5.74) is 5.95. The number of hydrogen-bond donors (Lipinski definition) is 1. The molecule has 1 rings (SSSR count). The average Bonchev–Trinajstić information content (AvgIpc) is 1.85. The zero-order valence-corrected chi connectivity index (χ0v) is 7.71. The summed E-state index contributed by atoms with van der Waals surface area (Å²) in [6.07, 6.45) is 2.65. The topological polar surface area (TPSA) is 35.2 Å². The van der Waals surface area contributed by atoms with Crippen LogP contribution < -0.4 is 5.73 Å². The number of hydrogen-bond acceptors (Lipinski definition) is 2. The first-order valence-electron chi connectivity index (χ1n) is 4.43. The summed E-state index contributed by atoms with van der Waals surface area (Å²) in [6.45, 7) is 4.49. The minimum Gasteiger partial charge on any atom is -0.380 e. The lowest BCUT2D eigenvalue weighted by Crippen LogP contribution is -2.45. The molecular weight excluding hydrogens is 138 g/mol. The van der Waals surface area contributed by atoms with Gasteiger partial charge in [-0.15, -0.1) is 0 Å². The van der Waals surface area contributed by atoms with E-state index in [-0.39, 0.29) is 12.1 Å². The minimum absolute atomic E-state index is 0.249. The predicted molar refractivity (Wildman–Crippen MR) is 46.3 cm³/mol. The van der Waals surface area contributed by atoms with Crippen molar-refractivity contribution in [3.63, 3.8) is 0 Å². The van der Waals surface area contributed by atoms with Gasteiger partial charge in [0.2, 0.25) is 0 Å². The maximum absolute atomic E-state index is 5.95. The van der Waals surface area contributed by atoms with E-state index >= 15 is 0 Å². The Labute approximate surface area is 69.1 Å². The van der Waals surface area contributed by atoms with Crippen molar-refractivity contribution < 1.29 is 4.74 Å². The Morgan fingerprint density at radius 1 is 1.27 bits per heavy atom. The number of ether oxygens (including phenoxy) is 1. The van der Waals surface area contributed by atoms with Gasteiger partial charge in [-0.25, -0.2) is 0 Å². The van der Waals surface area contributed by atoms with E-state index in [1.54, 1.807) is 7.11 Å². The highest BCUT2D eigenvalue weighted by Gasteiger charge is 2.31. The van der Waals surface area contributed by atoms with Crippen LogP contribution in [0.3, 0.4) is 0 Å². The average molecular weight is 157 g/mol. The molecule has 0 heterocycles. The van der Waals surface area contributed by atoms with Crippen molar-refractivity contribution in [1.82, 2.24) is 0 Å². The van der Waals surface area contributed by atoms with Crippen molar-refractivity contribution >= 4 is 0 Å². The van der Waals surface area contributed by atoms with Crippen molar-refractivity contribution in [3.8, 4) is 0 Å². The first-order chi connectivity index (χ1) is 5.15. The summed E-state index contributed by atoms with van der Waals surface area (Å²) in [5, 5.41) is 0. The summed E-state index contributed by atoms with van der Waals surface area (Å²) in [7, 11) is 1.76. The van der Waals surface area contributed by atoms with Crippen LogP contribution >= 0.6 is 0 Å². The fourth-order valence-electron chi connectivity index (χ4n) is 2.29. The Bertz CT molecular complexity index is 115. The highest BCUT2D eigenvalue weighted by Crippen LogP contribution is 2.29. The zero-order valence-electron chi connectivity index (χ0n) is 7.71. The maximum atomic E-state index is 5.95. The van der Waals surface area contributed by atoms with Crippen LogP contribution in [0.15, 0.2) is 0 Å². The van der Waals surface area contributed by atoms with Gasteiger partial charge in [-0.05, 0) is 24.7 Å². The van der Waals surface area contributed by atoms with E-state index < -0.39 is 0 Å². The van der Waals surface area contributed by atoms with Crippen LogP contribution in [0, 0.1) is 11.8 Å². The Balaban J connectivity index is 2.52. The molecule has 1 fully saturated rings. The lowest BCUT2D eigenvalue weighted by atomic mass is 9.78. The normalized spacial score (nSPS) is 45.8. The summed E-state index contributed by atoms with van der Waals surface area (Å²) in [5.74, 6) is 1.39. The number of rotatable bonds is 1. The molecule has 0 saturated heterocycles. The van der Waals surface area contributed by atoms with Crippen molar-refractivity contribution in [2.75, 3.05) is 7.11 Å². The van der Waals surface area contributed by atoms with E-state index in [9.17, 15) is 0 Å². The quantitative estimate of drug-likeness (QED) is 0.624. The Kier molecular flexibility index (Phi) is 2.90. The molecule has 0 amide bonds.